The van der Waals surface area contributed by atoms with Crippen molar-refractivity contribution in [1.29, 1.82) is 0 Å². The first-order valence-electron chi connectivity index (χ1n) is 8.39. The molecule has 12 nitrogen and oxygen atoms in total. The van der Waals surface area contributed by atoms with E-state index in [2.05, 4.69) is 10.6 Å². The van der Waals surface area contributed by atoms with Crippen LogP contribution in [-0.4, -0.2) is 110 Å². The second-order valence-electron chi connectivity index (χ2n) is 6.38. The Labute approximate surface area is 164 Å². The van der Waals surface area contributed by atoms with Gasteiger partial charge in [0, 0.05) is 12.2 Å². The molecular weight excluding hydrogens is 400 g/mol. The molecule has 1 aliphatic heterocycles. The number of aliphatic hydroxyl groups is 4. The minimum atomic E-state index is -2.33. The topological polar surface area (TPSA) is 206 Å². The van der Waals surface area contributed by atoms with Crippen LogP contribution in [0.4, 0.5) is 0 Å². The Morgan fingerprint density at radius 1 is 1.18 bits per heavy atom. The molecule has 1 rings (SSSR count). The maximum Gasteiger partial charge on any atom is 0.327 e. The van der Waals surface area contributed by atoms with E-state index in [1.165, 1.54) is 11.8 Å². The number of rotatable bonds is 11. The Hall–Kier alpha value is -1.48. The first-order valence-corrected chi connectivity index (χ1v) is 9.79. The van der Waals surface area contributed by atoms with Crippen molar-refractivity contribution in [3.8, 4) is 0 Å². The van der Waals surface area contributed by atoms with Crippen LogP contribution in [0.3, 0.4) is 0 Å². The molecule has 0 bridgehead atoms. The van der Waals surface area contributed by atoms with E-state index in [1.807, 2.05) is 0 Å². The van der Waals surface area contributed by atoms with Gasteiger partial charge in [0.15, 0.2) is 0 Å². The van der Waals surface area contributed by atoms with Gasteiger partial charge in [-0.25, -0.2) is 4.79 Å². The summed E-state index contributed by atoms with van der Waals surface area (Å²) in [5, 5.41) is 62.0. The Bertz CT molecular complexity index is 565. The second-order valence-corrected chi connectivity index (χ2v) is 7.29. The summed E-state index contributed by atoms with van der Waals surface area (Å²) in [6, 6.07) is -2.42. The van der Waals surface area contributed by atoms with Gasteiger partial charge in [-0.3, -0.25) is 14.9 Å². The zero-order chi connectivity index (χ0) is 21.5. The van der Waals surface area contributed by atoms with Crippen molar-refractivity contribution < 1.29 is 49.8 Å². The fraction of sp³-hybridized carbons (Fsp3) is 0.800. The minimum Gasteiger partial charge on any atom is -0.480 e. The molecule has 0 aliphatic carbocycles. The van der Waals surface area contributed by atoms with Crippen molar-refractivity contribution in [2.24, 2.45) is 0 Å². The van der Waals surface area contributed by atoms with E-state index in [-0.39, 0.29) is 18.6 Å². The molecule has 6 unspecified atom stereocenters. The predicted octanol–water partition coefficient (Wildman–Crippen LogP) is -3.46. The normalized spacial score (nSPS) is 29.7. The average molecular weight is 426 g/mol. The first kappa shape index (κ1) is 24.6. The molecule has 1 fully saturated rings. The van der Waals surface area contributed by atoms with Gasteiger partial charge in [-0.05, 0) is 12.7 Å². The van der Waals surface area contributed by atoms with Crippen molar-refractivity contribution in [2.75, 3.05) is 25.2 Å². The summed E-state index contributed by atoms with van der Waals surface area (Å²) < 4.78 is 4.92. The second kappa shape index (κ2) is 10.9. The van der Waals surface area contributed by atoms with Crippen LogP contribution < -0.4 is 10.6 Å². The molecule has 162 valence electrons. The average Bonchev–Trinajstić information content (AvgIpc) is 2.62. The number of nitrogens with one attached hydrogen (secondary N) is 2. The van der Waals surface area contributed by atoms with Gasteiger partial charge in [0.25, 0.3) is 0 Å². The summed E-state index contributed by atoms with van der Waals surface area (Å²) in [6.45, 7) is -1.07. The number of ether oxygens (including phenoxy) is 1. The smallest absolute Gasteiger partial charge is 0.327 e. The molecule has 6 atom stereocenters. The molecule has 1 aliphatic rings. The first-order chi connectivity index (χ1) is 13.0. The van der Waals surface area contributed by atoms with Gasteiger partial charge in [-0.1, -0.05) is 0 Å². The monoisotopic (exact) mass is 426 g/mol. The molecular formula is C15H26N2O10S. The third-order valence-corrected chi connectivity index (χ3v) is 4.88. The maximum atomic E-state index is 11.9. The van der Waals surface area contributed by atoms with E-state index in [0.717, 1.165) is 0 Å². The van der Waals surface area contributed by atoms with Crippen LogP contribution in [0, 0.1) is 0 Å². The molecule has 8 N–H and O–H groups in total. The zero-order valence-electron chi connectivity index (χ0n) is 15.1. The van der Waals surface area contributed by atoms with E-state index < -0.39 is 67.2 Å². The van der Waals surface area contributed by atoms with Crippen LogP contribution in [-0.2, 0) is 19.1 Å². The molecule has 0 aromatic carbocycles. The minimum absolute atomic E-state index is 0.151. The number of carboxylic acids is 2. The predicted molar refractivity (Wildman–Crippen MR) is 95.5 cm³/mol. The van der Waals surface area contributed by atoms with Crippen LogP contribution in [0.2, 0.25) is 0 Å². The van der Waals surface area contributed by atoms with Gasteiger partial charge in [0.05, 0.1) is 13.2 Å². The van der Waals surface area contributed by atoms with E-state index in [1.54, 1.807) is 6.26 Å². The number of hydrogen-bond donors (Lipinski definition) is 8. The SMILES string of the molecule is CSCC(NC(=O)CCC(NCC1(O)OCC(O)C(O)C1O)C(=O)O)C(=O)O. The van der Waals surface area contributed by atoms with Gasteiger partial charge in [-0.2, -0.15) is 11.8 Å². The molecule has 28 heavy (non-hydrogen) atoms. The summed E-state index contributed by atoms with van der Waals surface area (Å²) in [7, 11) is 0. The Morgan fingerprint density at radius 2 is 1.79 bits per heavy atom. The highest BCUT2D eigenvalue weighted by Crippen LogP contribution is 2.23. The molecule has 0 aromatic rings. The van der Waals surface area contributed by atoms with Crippen LogP contribution in [0.25, 0.3) is 0 Å². The van der Waals surface area contributed by atoms with Gasteiger partial charge in [0.2, 0.25) is 11.7 Å². The molecule has 1 heterocycles. The molecule has 0 radical (unpaired) electrons. The standard InChI is InChI=1S/C15H26N2O10S/c1-28-5-8(14(24)25)17-10(19)3-2-7(13(22)23)16-6-15(26)12(21)11(20)9(18)4-27-15/h7-9,11-12,16,18,20-21,26H,2-6H2,1H3,(H,17,19)(H,22,23)(H,24,25). The number of thioether (sulfide) groups is 1. The van der Waals surface area contributed by atoms with Gasteiger partial charge < -0.3 is 40.7 Å². The van der Waals surface area contributed by atoms with Gasteiger partial charge in [-0.15, -0.1) is 0 Å². The lowest BCUT2D eigenvalue weighted by molar-refractivity contribution is -0.318. The van der Waals surface area contributed by atoms with Crippen molar-refractivity contribution >= 4 is 29.6 Å². The molecule has 0 spiro atoms. The van der Waals surface area contributed by atoms with Crippen molar-refractivity contribution in [2.45, 2.75) is 49.0 Å². The van der Waals surface area contributed by atoms with E-state index in [9.17, 15) is 39.9 Å². The number of carbonyl (C=O) groups is 3. The summed E-state index contributed by atoms with van der Waals surface area (Å²) in [5.74, 6) is -5.39. The van der Waals surface area contributed by atoms with Crippen molar-refractivity contribution in [3.05, 3.63) is 0 Å². The lowest BCUT2D eigenvalue weighted by atomic mass is 9.96. The third-order valence-electron chi connectivity index (χ3n) is 4.21. The number of aliphatic hydroxyl groups excluding tert-OH is 3. The number of carboxylic acid groups (broad SMARTS) is 2. The number of carbonyl (C=O) groups excluding carboxylic acids is 1. The summed E-state index contributed by atoms with van der Waals surface area (Å²) >= 11 is 1.23. The fourth-order valence-electron chi connectivity index (χ4n) is 2.51. The highest BCUT2D eigenvalue weighted by molar-refractivity contribution is 7.98. The zero-order valence-corrected chi connectivity index (χ0v) is 16.0. The lowest BCUT2D eigenvalue weighted by Gasteiger charge is -2.42. The number of amides is 1. The number of hydrogen-bond acceptors (Lipinski definition) is 10. The molecule has 0 saturated carbocycles. The van der Waals surface area contributed by atoms with Gasteiger partial charge in [0.1, 0.15) is 30.4 Å². The van der Waals surface area contributed by atoms with Crippen LogP contribution in [0.5, 0.6) is 0 Å². The molecule has 0 aromatic heterocycles. The van der Waals surface area contributed by atoms with Crippen LogP contribution in [0.15, 0.2) is 0 Å². The maximum absolute atomic E-state index is 11.9. The summed E-state index contributed by atoms with van der Waals surface area (Å²) in [6.07, 6.45) is -3.83. The largest absolute Gasteiger partial charge is 0.480 e. The highest BCUT2D eigenvalue weighted by Gasteiger charge is 2.48. The van der Waals surface area contributed by atoms with E-state index in [0.29, 0.717) is 0 Å². The van der Waals surface area contributed by atoms with Crippen LogP contribution in [0.1, 0.15) is 12.8 Å². The summed E-state index contributed by atoms with van der Waals surface area (Å²) in [5.41, 5.74) is 0. The van der Waals surface area contributed by atoms with E-state index >= 15 is 0 Å². The number of aliphatic carboxylic acids is 2. The Morgan fingerprint density at radius 3 is 2.32 bits per heavy atom. The van der Waals surface area contributed by atoms with E-state index in [4.69, 9.17) is 9.84 Å². The third kappa shape index (κ3) is 6.84. The highest BCUT2D eigenvalue weighted by atomic mass is 32.2. The lowest BCUT2D eigenvalue weighted by Crippen LogP contribution is -2.65. The summed E-state index contributed by atoms with van der Waals surface area (Å²) in [4.78, 5) is 34.3. The molecule has 1 saturated heterocycles. The molecule has 13 heteroatoms. The van der Waals surface area contributed by atoms with Gasteiger partial charge >= 0.3 is 11.9 Å². The van der Waals surface area contributed by atoms with Crippen molar-refractivity contribution in [1.82, 2.24) is 10.6 Å². The van der Waals surface area contributed by atoms with Crippen LogP contribution >= 0.6 is 11.8 Å². The fourth-order valence-corrected chi connectivity index (χ4v) is 3.07. The quantitative estimate of drug-likeness (QED) is 0.162. The van der Waals surface area contributed by atoms with Crippen molar-refractivity contribution in [3.63, 3.8) is 0 Å². The Balaban J connectivity index is 2.58. The molecule has 1 amide bonds. The Kier molecular flexibility index (Phi) is 9.56.